The van der Waals surface area contributed by atoms with Crippen molar-refractivity contribution in [2.45, 2.75) is 45.1 Å². The van der Waals surface area contributed by atoms with Gasteiger partial charge in [0.15, 0.2) is 0 Å². The summed E-state index contributed by atoms with van der Waals surface area (Å²) in [6, 6.07) is 1.65. The highest BCUT2D eigenvalue weighted by molar-refractivity contribution is 7.18. The second-order valence-corrected chi connectivity index (χ2v) is 11.0. The maximum Gasteiger partial charge on any atom is 0.269 e. The van der Waals surface area contributed by atoms with Gasteiger partial charge in [-0.25, -0.2) is 9.51 Å². The third-order valence-corrected chi connectivity index (χ3v) is 8.15. The van der Waals surface area contributed by atoms with E-state index in [0.29, 0.717) is 33.9 Å². The fourth-order valence-corrected chi connectivity index (χ4v) is 5.77. The first kappa shape index (κ1) is 25.0. The molecule has 10 nitrogen and oxygen atoms in total. The molecule has 0 bridgehead atoms. The Labute approximate surface area is 218 Å². The molecule has 1 saturated heterocycles. The lowest BCUT2D eigenvalue weighted by Gasteiger charge is -2.31. The van der Waals surface area contributed by atoms with Gasteiger partial charge in [-0.2, -0.15) is 5.10 Å². The number of fused-ring (bicyclic) bond motifs is 1. The van der Waals surface area contributed by atoms with Crippen LogP contribution in [0.4, 0.5) is 5.69 Å². The number of likely N-dealkylation sites (tertiary alicyclic amines) is 1. The zero-order chi connectivity index (χ0) is 26.2. The first-order valence-electron chi connectivity index (χ1n) is 12.3. The van der Waals surface area contributed by atoms with Gasteiger partial charge >= 0.3 is 0 Å². The zero-order valence-electron chi connectivity index (χ0n) is 21.0. The predicted octanol–water partition coefficient (Wildman–Crippen LogP) is 3.21. The van der Waals surface area contributed by atoms with Crippen LogP contribution in [0.15, 0.2) is 41.8 Å². The van der Waals surface area contributed by atoms with E-state index < -0.39 is 0 Å². The van der Waals surface area contributed by atoms with Crippen LogP contribution >= 0.6 is 11.3 Å². The number of hydrogen-bond acceptors (Lipinski definition) is 7. The number of carbonyl (C=O) groups excluding carboxylic acids is 3. The normalized spacial score (nSPS) is 19.0. The maximum atomic E-state index is 13.2. The summed E-state index contributed by atoms with van der Waals surface area (Å²) in [7, 11) is 0. The van der Waals surface area contributed by atoms with Crippen molar-refractivity contribution in [1.82, 2.24) is 24.8 Å². The number of dihydropyridines is 1. The smallest absolute Gasteiger partial charge is 0.269 e. The van der Waals surface area contributed by atoms with Gasteiger partial charge in [-0.1, -0.05) is 6.08 Å². The number of pyridine rings is 1. The molecular weight excluding hydrogens is 490 g/mol. The van der Waals surface area contributed by atoms with Gasteiger partial charge in [0.1, 0.15) is 4.83 Å². The fraction of sp³-hybridized carbons (Fsp3) is 0.385. The standard InChI is InChI=1S/C26H29N7O3S/c1-16-20(11-18(13-28-16)23(35)27-8-10-32-9-4-7-26(32,2)3)31-24(36)19-14-30-33-15-21(37-25(19)33)17-5-6-22(34)29-12-17/h5-6,11-15,17H,4,7-10H2,1-3H3,(H,27,35)(H,31,36). The van der Waals surface area contributed by atoms with Crippen LogP contribution < -0.4 is 10.6 Å². The van der Waals surface area contributed by atoms with Gasteiger partial charge in [-0.3, -0.25) is 24.3 Å². The minimum absolute atomic E-state index is 0.140. The average Bonchev–Trinajstić information content (AvgIpc) is 3.55. The Hall–Kier alpha value is -3.70. The highest BCUT2D eigenvalue weighted by Crippen LogP contribution is 2.30. The third-order valence-electron chi connectivity index (χ3n) is 6.93. The number of amides is 3. The summed E-state index contributed by atoms with van der Waals surface area (Å²) in [5.74, 6) is -0.992. The molecule has 192 valence electrons. The molecule has 5 heterocycles. The van der Waals surface area contributed by atoms with Crippen LogP contribution in [0.25, 0.3) is 4.83 Å². The molecule has 1 unspecified atom stereocenters. The van der Waals surface area contributed by atoms with Crippen LogP contribution in [0.3, 0.4) is 0 Å². The van der Waals surface area contributed by atoms with Crippen molar-refractivity contribution in [1.29, 1.82) is 0 Å². The quantitative estimate of drug-likeness (QED) is 0.495. The molecule has 0 spiro atoms. The molecule has 3 aromatic heterocycles. The van der Waals surface area contributed by atoms with Crippen LogP contribution in [-0.2, 0) is 4.79 Å². The minimum Gasteiger partial charge on any atom is -0.351 e. The Balaban J connectivity index is 1.26. The summed E-state index contributed by atoms with van der Waals surface area (Å²) in [6.07, 6.45) is 12.0. The van der Waals surface area contributed by atoms with E-state index in [1.54, 1.807) is 29.8 Å². The predicted molar refractivity (Wildman–Crippen MR) is 143 cm³/mol. The number of rotatable bonds is 7. The molecule has 0 radical (unpaired) electrons. The summed E-state index contributed by atoms with van der Waals surface area (Å²) >= 11 is 1.41. The van der Waals surface area contributed by atoms with E-state index in [1.165, 1.54) is 36.2 Å². The number of nitrogens with one attached hydrogen (secondary N) is 2. The van der Waals surface area contributed by atoms with E-state index in [0.717, 1.165) is 24.4 Å². The number of nitrogens with zero attached hydrogens (tertiary/aromatic N) is 5. The second-order valence-electron chi connectivity index (χ2n) is 9.91. The zero-order valence-corrected chi connectivity index (χ0v) is 21.8. The SMILES string of the molecule is Cc1ncc(C(=O)NCCN2CCCC2(C)C)cc1NC(=O)c1cnn2cc(C3C=CC(=O)N=C3)sc12. The van der Waals surface area contributed by atoms with Crippen molar-refractivity contribution in [2.75, 3.05) is 25.0 Å². The number of anilines is 1. The molecule has 0 saturated carbocycles. The number of allylic oxidation sites excluding steroid dienone is 1. The monoisotopic (exact) mass is 519 g/mol. The largest absolute Gasteiger partial charge is 0.351 e. The first-order valence-corrected chi connectivity index (χ1v) is 13.1. The summed E-state index contributed by atoms with van der Waals surface area (Å²) in [5, 5.41) is 10.2. The lowest BCUT2D eigenvalue weighted by Crippen LogP contribution is -2.43. The highest BCUT2D eigenvalue weighted by atomic mass is 32.1. The van der Waals surface area contributed by atoms with Crippen LogP contribution in [0.2, 0.25) is 0 Å². The molecule has 5 rings (SSSR count). The molecule has 37 heavy (non-hydrogen) atoms. The molecule has 2 aliphatic heterocycles. The molecule has 2 N–H and O–H groups in total. The summed E-state index contributed by atoms with van der Waals surface area (Å²) < 4.78 is 1.64. The number of aryl methyl sites for hydroxylation is 1. The minimum atomic E-state index is -0.342. The Kier molecular flexibility index (Phi) is 6.74. The topological polar surface area (TPSA) is 121 Å². The van der Waals surface area contributed by atoms with Crippen molar-refractivity contribution in [3.8, 4) is 0 Å². The van der Waals surface area contributed by atoms with Gasteiger partial charge in [0, 0.05) is 54.1 Å². The number of hydrogen-bond donors (Lipinski definition) is 2. The van der Waals surface area contributed by atoms with E-state index >= 15 is 0 Å². The Morgan fingerprint density at radius 2 is 2.08 bits per heavy atom. The lowest BCUT2D eigenvalue weighted by molar-refractivity contribution is -0.113. The third kappa shape index (κ3) is 5.23. The van der Waals surface area contributed by atoms with Crippen LogP contribution in [0, 0.1) is 6.92 Å². The van der Waals surface area contributed by atoms with Crippen LogP contribution in [0.1, 0.15) is 63.9 Å². The molecule has 0 aromatic carbocycles. The van der Waals surface area contributed by atoms with E-state index in [-0.39, 0.29) is 29.2 Å². The van der Waals surface area contributed by atoms with Crippen molar-refractivity contribution in [3.63, 3.8) is 0 Å². The highest BCUT2D eigenvalue weighted by Gasteiger charge is 2.31. The molecule has 2 aliphatic rings. The Bertz CT molecular complexity index is 1420. The van der Waals surface area contributed by atoms with Gasteiger partial charge in [0.05, 0.1) is 28.7 Å². The van der Waals surface area contributed by atoms with Gasteiger partial charge in [-0.05, 0) is 46.2 Å². The maximum absolute atomic E-state index is 13.2. The van der Waals surface area contributed by atoms with E-state index in [4.69, 9.17) is 0 Å². The van der Waals surface area contributed by atoms with Gasteiger partial charge < -0.3 is 10.6 Å². The molecule has 3 aromatic rings. The number of aliphatic imine (C=N–C) groups is 1. The van der Waals surface area contributed by atoms with E-state index in [9.17, 15) is 14.4 Å². The van der Waals surface area contributed by atoms with Crippen molar-refractivity contribution in [3.05, 3.63) is 58.5 Å². The van der Waals surface area contributed by atoms with Crippen LogP contribution in [-0.4, -0.2) is 68.6 Å². The molecule has 0 aliphatic carbocycles. The number of carbonyl (C=O) groups is 3. The van der Waals surface area contributed by atoms with E-state index in [1.807, 2.05) is 6.20 Å². The molecule has 1 fully saturated rings. The number of aromatic nitrogens is 3. The Morgan fingerprint density at radius 1 is 1.24 bits per heavy atom. The molecular formula is C26H29N7O3S. The van der Waals surface area contributed by atoms with Gasteiger partial charge in [-0.15, -0.1) is 11.3 Å². The van der Waals surface area contributed by atoms with E-state index in [2.05, 4.69) is 44.5 Å². The van der Waals surface area contributed by atoms with Crippen molar-refractivity contribution >= 4 is 45.8 Å². The van der Waals surface area contributed by atoms with Crippen LogP contribution in [0.5, 0.6) is 0 Å². The molecule has 11 heteroatoms. The van der Waals surface area contributed by atoms with Gasteiger partial charge in [0.25, 0.3) is 17.7 Å². The fourth-order valence-electron chi connectivity index (χ4n) is 4.67. The molecule has 1 atom stereocenters. The number of thiazole rings is 1. The second kappa shape index (κ2) is 9.98. The average molecular weight is 520 g/mol. The van der Waals surface area contributed by atoms with Crippen molar-refractivity contribution < 1.29 is 14.4 Å². The summed E-state index contributed by atoms with van der Waals surface area (Å²) in [5.41, 5.74) is 2.03. The first-order chi connectivity index (χ1) is 17.7. The summed E-state index contributed by atoms with van der Waals surface area (Å²) in [4.78, 5) is 49.4. The lowest BCUT2D eigenvalue weighted by atomic mass is 10.0. The molecule has 3 amide bonds. The Morgan fingerprint density at radius 3 is 2.81 bits per heavy atom. The summed E-state index contributed by atoms with van der Waals surface area (Å²) in [6.45, 7) is 8.62. The van der Waals surface area contributed by atoms with Gasteiger partial charge in [0.2, 0.25) is 0 Å². The van der Waals surface area contributed by atoms with Crippen molar-refractivity contribution in [2.24, 2.45) is 4.99 Å².